The molecular formula is C12H17N3O4. The topological polar surface area (TPSA) is 104 Å². The van der Waals surface area contributed by atoms with Crippen molar-refractivity contribution in [3.63, 3.8) is 0 Å². The Hall–Kier alpha value is -2.15. The van der Waals surface area contributed by atoms with E-state index in [1.165, 1.54) is 6.07 Å². The summed E-state index contributed by atoms with van der Waals surface area (Å²) in [6.45, 7) is 1.83. The van der Waals surface area contributed by atoms with Crippen LogP contribution in [-0.2, 0) is 6.54 Å². The van der Waals surface area contributed by atoms with Crippen LogP contribution in [0.1, 0.15) is 18.9 Å². The zero-order valence-corrected chi connectivity index (χ0v) is 10.6. The lowest BCUT2D eigenvalue weighted by atomic mass is 10.2. The molecule has 7 heteroatoms. The zero-order valence-electron chi connectivity index (χ0n) is 10.6. The lowest BCUT2D eigenvalue weighted by Crippen LogP contribution is -2.40. The van der Waals surface area contributed by atoms with Gasteiger partial charge in [-0.15, -0.1) is 0 Å². The average Bonchev–Trinajstić information content (AvgIpc) is 2.36. The second-order valence-electron chi connectivity index (χ2n) is 4.13. The van der Waals surface area contributed by atoms with Gasteiger partial charge in [0.1, 0.15) is 0 Å². The molecule has 7 nitrogen and oxygen atoms in total. The largest absolute Gasteiger partial charge is 0.396 e. The second-order valence-corrected chi connectivity index (χ2v) is 4.13. The number of amides is 2. The minimum Gasteiger partial charge on any atom is -0.396 e. The Labute approximate surface area is 110 Å². The van der Waals surface area contributed by atoms with Crippen LogP contribution >= 0.6 is 0 Å². The number of carbonyl (C=O) groups excluding carboxylic acids is 1. The Morgan fingerprint density at radius 2 is 2.16 bits per heavy atom. The van der Waals surface area contributed by atoms with Crippen molar-refractivity contribution in [1.82, 2.24) is 10.6 Å². The summed E-state index contributed by atoms with van der Waals surface area (Å²) >= 11 is 0. The number of hydrogen-bond acceptors (Lipinski definition) is 4. The van der Waals surface area contributed by atoms with Crippen LogP contribution in [0, 0.1) is 10.1 Å². The summed E-state index contributed by atoms with van der Waals surface area (Å²) in [5.41, 5.74) is 0.420. The highest BCUT2D eigenvalue weighted by Gasteiger charge is 2.13. The highest BCUT2D eigenvalue weighted by atomic mass is 16.6. The maximum absolute atomic E-state index is 11.5. The first-order valence-corrected chi connectivity index (χ1v) is 5.92. The average molecular weight is 267 g/mol. The molecule has 0 saturated carbocycles. The van der Waals surface area contributed by atoms with Crippen LogP contribution in [0.15, 0.2) is 24.3 Å². The summed E-state index contributed by atoms with van der Waals surface area (Å²) in [6, 6.07) is 5.66. The molecule has 1 atom stereocenters. The molecule has 1 rings (SSSR count). The summed E-state index contributed by atoms with van der Waals surface area (Å²) in [7, 11) is 0. The third-order valence-corrected chi connectivity index (χ3v) is 2.57. The normalized spacial score (nSPS) is 11.7. The van der Waals surface area contributed by atoms with Crippen LogP contribution in [0.25, 0.3) is 0 Å². The van der Waals surface area contributed by atoms with E-state index in [4.69, 9.17) is 5.11 Å². The third kappa shape index (κ3) is 4.92. The maximum atomic E-state index is 11.5. The van der Waals surface area contributed by atoms with Crippen molar-refractivity contribution in [1.29, 1.82) is 0 Å². The van der Waals surface area contributed by atoms with E-state index in [1.54, 1.807) is 25.1 Å². The number of aliphatic hydroxyl groups excluding tert-OH is 1. The molecule has 0 unspecified atom stereocenters. The van der Waals surface area contributed by atoms with E-state index in [0.29, 0.717) is 12.0 Å². The van der Waals surface area contributed by atoms with E-state index in [2.05, 4.69) is 10.6 Å². The predicted molar refractivity (Wildman–Crippen MR) is 69.6 cm³/mol. The number of rotatable bonds is 6. The minimum absolute atomic E-state index is 0.00833. The number of para-hydroxylation sites is 1. The van der Waals surface area contributed by atoms with Crippen LogP contribution < -0.4 is 10.6 Å². The molecular weight excluding hydrogens is 250 g/mol. The van der Waals surface area contributed by atoms with Crippen molar-refractivity contribution < 1.29 is 14.8 Å². The van der Waals surface area contributed by atoms with Crippen LogP contribution in [0.2, 0.25) is 0 Å². The van der Waals surface area contributed by atoms with Gasteiger partial charge < -0.3 is 15.7 Å². The molecule has 19 heavy (non-hydrogen) atoms. The molecule has 0 bridgehead atoms. The quantitative estimate of drug-likeness (QED) is 0.531. The van der Waals surface area contributed by atoms with Gasteiger partial charge in [0.2, 0.25) is 0 Å². The zero-order chi connectivity index (χ0) is 14.3. The molecule has 0 saturated heterocycles. The van der Waals surface area contributed by atoms with Gasteiger partial charge in [-0.25, -0.2) is 4.79 Å². The van der Waals surface area contributed by atoms with Crippen LogP contribution in [0.4, 0.5) is 10.5 Å². The van der Waals surface area contributed by atoms with E-state index in [9.17, 15) is 14.9 Å². The van der Waals surface area contributed by atoms with Crippen molar-refractivity contribution in [3.05, 3.63) is 39.9 Å². The van der Waals surface area contributed by atoms with Gasteiger partial charge in [0, 0.05) is 24.3 Å². The Bertz CT molecular complexity index is 450. The number of aliphatic hydroxyl groups is 1. The molecule has 0 aromatic heterocycles. The van der Waals surface area contributed by atoms with Crippen molar-refractivity contribution in [2.24, 2.45) is 0 Å². The van der Waals surface area contributed by atoms with Gasteiger partial charge in [-0.3, -0.25) is 10.1 Å². The van der Waals surface area contributed by atoms with Crippen molar-refractivity contribution in [2.75, 3.05) is 6.61 Å². The summed E-state index contributed by atoms with van der Waals surface area (Å²) in [5.74, 6) is 0. The number of carbonyl (C=O) groups is 1. The first kappa shape index (κ1) is 14.9. The Morgan fingerprint density at radius 1 is 1.47 bits per heavy atom. The standard InChI is InChI=1S/C12H17N3O4/c1-9(6-7-16)14-12(17)13-8-10-4-2-3-5-11(10)15(18)19/h2-5,9,16H,6-8H2,1H3,(H2,13,14,17)/t9-/m1/s1. The van der Waals surface area contributed by atoms with E-state index < -0.39 is 11.0 Å². The van der Waals surface area contributed by atoms with Gasteiger partial charge in [-0.05, 0) is 13.3 Å². The van der Waals surface area contributed by atoms with Gasteiger partial charge in [-0.1, -0.05) is 18.2 Å². The molecule has 0 spiro atoms. The number of urea groups is 1. The Balaban J connectivity index is 2.53. The van der Waals surface area contributed by atoms with Crippen molar-refractivity contribution in [2.45, 2.75) is 25.9 Å². The monoisotopic (exact) mass is 267 g/mol. The molecule has 2 amide bonds. The molecule has 3 N–H and O–H groups in total. The number of nitrogens with zero attached hydrogens (tertiary/aromatic N) is 1. The number of hydrogen-bond donors (Lipinski definition) is 3. The van der Waals surface area contributed by atoms with E-state index in [0.717, 1.165) is 0 Å². The maximum Gasteiger partial charge on any atom is 0.315 e. The summed E-state index contributed by atoms with van der Waals surface area (Å²) in [6.07, 6.45) is 0.457. The Morgan fingerprint density at radius 3 is 2.79 bits per heavy atom. The first-order chi connectivity index (χ1) is 9.04. The minimum atomic E-state index is -0.483. The molecule has 1 aromatic rings. The molecule has 0 heterocycles. The van der Waals surface area contributed by atoms with Crippen molar-refractivity contribution >= 4 is 11.7 Å². The molecule has 0 aliphatic carbocycles. The number of nitrogens with one attached hydrogen (secondary N) is 2. The lowest BCUT2D eigenvalue weighted by molar-refractivity contribution is -0.385. The molecule has 104 valence electrons. The van der Waals surface area contributed by atoms with Gasteiger partial charge in [0.25, 0.3) is 5.69 Å². The number of nitro groups is 1. The van der Waals surface area contributed by atoms with Crippen LogP contribution in [0.5, 0.6) is 0 Å². The van der Waals surface area contributed by atoms with E-state index in [-0.39, 0.29) is 24.9 Å². The predicted octanol–water partition coefficient (Wildman–Crippen LogP) is 1.16. The summed E-state index contributed by atoms with van der Waals surface area (Å²) in [5, 5.41) is 24.7. The van der Waals surface area contributed by atoms with Crippen LogP contribution in [-0.4, -0.2) is 28.7 Å². The van der Waals surface area contributed by atoms with Gasteiger partial charge in [0.15, 0.2) is 0 Å². The molecule has 0 aliphatic heterocycles. The smallest absolute Gasteiger partial charge is 0.315 e. The summed E-state index contributed by atoms with van der Waals surface area (Å²) in [4.78, 5) is 21.8. The SMILES string of the molecule is C[C@H](CCO)NC(=O)NCc1ccccc1[N+](=O)[O-]. The fraction of sp³-hybridized carbons (Fsp3) is 0.417. The number of nitro benzene ring substituents is 1. The number of benzene rings is 1. The van der Waals surface area contributed by atoms with Crippen molar-refractivity contribution in [3.8, 4) is 0 Å². The van der Waals surface area contributed by atoms with E-state index >= 15 is 0 Å². The highest BCUT2D eigenvalue weighted by molar-refractivity contribution is 5.74. The molecule has 0 fully saturated rings. The Kier molecular flexibility index (Phi) is 5.74. The highest BCUT2D eigenvalue weighted by Crippen LogP contribution is 2.16. The fourth-order valence-corrected chi connectivity index (χ4v) is 1.55. The lowest BCUT2D eigenvalue weighted by Gasteiger charge is -2.13. The van der Waals surface area contributed by atoms with E-state index in [1.807, 2.05) is 0 Å². The van der Waals surface area contributed by atoms with Gasteiger partial charge in [0.05, 0.1) is 11.5 Å². The third-order valence-electron chi connectivity index (χ3n) is 2.57. The molecule has 1 aromatic carbocycles. The van der Waals surface area contributed by atoms with Gasteiger partial charge in [-0.2, -0.15) is 0 Å². The second kappa shape index (κ2) is 7.32. The van der Waals surface area contributed by atoms with Gasteiger partial charge >= 0.3 is 6.03 Å². The molecule has 0 radical (unpaired) electrons. The molecule has 0 aliphatic rings. The first-order valence-electron chi connectivity index (χ1n) is 5.92. The fourth-order valence-electron chi connectivity index (χ4n) is 1.55. The van der Waals surface area contributed by atoms with Crippen LogP contribution in [0.3, 0.4) is 0 Å². The summed E-state index contributed by atoms with van der Waals surface area (Å²) < 4.78 is 0.